The van der Waals surface area contributed by atoms with E-state index in [0.717, 1.165) is 5.56 Å². The first-order valence-electron chi connectivity index (χ1n) is 7.95. The van der Waals surface area contributed by atoms with E-state index in [-0.39, 0.29) is 18.4 Å². The van der Waals surface area contributed by atoms with Gasteiger partial charge in [0.25, 0.3) is 0 Å². The predicted octanol–water partition coefficient (Wildman–Crippen LogP) is 3.74. The third-order valence-corrected chi connectivity index (χ3v) is 3.82. The van der Waals surface area contributed by atoms with Crippen molar-refractivity contribution in [3.63, 3.8) is 0 Å². The number of amides is 1. The molecule has 0 fully saturated rings. The Morgan fingerprint density at radius 2 is 2.04 bits per heavy atom. The number of aromatic nitrogens is 4. The largest absolute Gasteiger partial charge is 0.339 e. The Bertz CT molecular complexity index is 854. The number of rotatable bonds is 6. The van der Waals surface area contributed by atoms with Crippen molar-refractivity contribution in [3.8, 4) is 11.4 Å². The second-order valence-electron chi connectivity index (χ2n) is 5.82. The number of carbonyl (C=O) groups is 1. The average molecular weight is 360 g/mol. The third-order valence-electron chi connectivity index (χ3n) is 3.56. The molecule has 0 bridgehead atoms. The summed E-state index contributed by atoms with van der Waals surface area (Å²) >= 11 is 5.86. The molecule has 1 N–H and O–H groups in total. The molecule has 0 saturated carbocycles. The van der Waals surface area contributed by atoms with Gasteiger partial charge in [-0.3, -0.25) is 4.79 Å². The zero-order chi connectivity index (χ0) is 17.8. The molecule has 0 aliphatic carbocycles. The zero-order valence-corrected chi connectivity index (χ0v) is 14.7. The lowest BCUT2D eigenvalue weighted by Crippen LogP contribution is -2.17. The summed E-state index contributed by atoms with van der Waals surface area (Å²) in [6.45, 7) is 4.00. The fourth-order valence-corrected chi connectivity index (χ4v) is 2.45. The highest BCUT2D eigenvalue weighted by Gasteiger charge is 2.13. The number of nitrogens with one attached hydrogen (secondary N) is 1. The maximum Gasteiger partial charge on any atom is 0.227 e. The normalized spacial score (nSPS) is 11.0. The van der Waals surface area contributed by atoms with Crippen LogP contribution in [0, 0.1) is 0 Å². The Kier molecular flexibility index (Phi) is 5.14. The molecule has 2 heterocycles. The van der Waals surface area contributed by atoms with Crippen LogP contribution in [0.5, 0.6) is 0 Å². The summed E-state index contributed by atoms with van der Waals surface area (Å²) in [4.78, 5) is 16.4. The van der Waals surface area contributed by atoms with Gasteiger partial charge in [-0.25, -0.2) is 4.68 Å². The SMILES string of the molecule is CC(C)n1nccc1NC(=O)CCc1nc(-c2ccc(Cl)cc2)no1. The Morgan fingerprint density at radius 3 is 2.76 bits per heavy atom. The molecule has 0 radical (unpaired) electrons. The molecule has 3 rings (SSSR count). The van der Waals surface area contributed by atoms with Crippen molar-refractivity contribution in [2.45, 2.75) is 32.7 Å². The van der Waals surface area contributed by atoms with Crippen LogP contribution < -0.4 is 5.32 Å². The van der Waals surface area contributed by atoms with E-state index < -0.39 is 0 Å². The van der Waals surface area contributed by atoms with Gasteiger partial charge in [0.05, 0.1) is 6.20 Å². The van der Waals surface area contributed by atoms with Gasteiger partial charge in [0.1, 0.15) is 5.82 Å². The molecule has 3 aromatic rings. The smallest absolute Gasteiger partial charge is 0.227 e. The van der Waals surface area contributed by atoms with E-state index in [1.807, 2.05) is 26.0 Å². The van der Waals surface area contributed by atoms with Gasteiger partial charge in [-0.15, -0.1) is 0 Å². The summed E-state index contributed by atoms with van der Waals surface area (Å²) in [6.07, 6.45) is 2.26. The van der Waals surface area contributed by atoms with Crippen molar-refractivity contribution >= 4 is 23.3 Å². The fraction of sp³-hybridized carbons (Fsp3) is 0.294. The number of halogens is 1. The Balaban J connectivity index is 1.57. The van der Waals surface area contributed by atoms with Crippen LogP contribution in [0.4, 0.5) is 5.82 Å². The lowest BCUT2D eigenvalue weighted by molar-refractivity contribution is -0.116. The van der Waals surface area contributed by atoms with Crippen LogP contribution in [0.3, 0.4) is 0 Å². The van der Waals surface area contributed by atoms with Crippen LogP contribution in [0.15, 0.2) is 41.1 Å². The molecule has 8 heteroatoms. The van der Waals surface area contributed by atoms with Gasteiger partial charge in [0.2, 0.25) is 17.6 Å². The van der Waals surface area contributed by atoms with E-state index in [1.54, 1.807) is 29.1 Å². The number of hydrogen-bond acceptors (Lipinski definition) is 5. The van der Waals surface area contributed by atoms with E-state index in [0.29, 0.717) is 29.0 Å². The summed E-state index contributed by atoms with van der Waals surface area (Å²) in [5.41, 5.74) is 0.810. The first-order valence-corrected chi connectivity index (χ1v) is 8.32. The molecule has 0 atom stereocenters. The van der Waals surface area contributed by atoms with E-state index >= 15 is 0 Å². The van der Waals surface area contributed by atoms with Crippen LogP contribution in [0.2, 0.25) is 5.02 Å². The van der Waals surface area contributed by atoms with Gasteiger partial charge in [0, 0.05) is 35.5 Å². The quantitative estimate of drug-likeness (QED) is 0.724. The molecule has 0 unspecified atom stereocenters. The molecule has 7 nitrogen and oxygen atoms in total. The highest BCUT2D eigenvalue weighted by Crippen LogP contribution is 2.19. The van der Waals surface area contributed by atoms with E-state index in [9.17, 15) is 4.79 Å². The highest BCUT2D eigenvalue weighted by molar-refractivity contribution is 6.30. The molecule has 130 valence electrons. The zero-order valence-electron chi connectivity index (χ0n) is 13.9. The van der Waals surface area contributed by atoms with Gasteiger partial charge in [-0.2, -0.15) is 10.1 Å². The van der Waals surface area contributed by atoms with Gasteiger partial charge in [0.15, 0.2) is 0 Å². The lowest BCUT2D eigenvalue weighted by Gasteiger charge is -2.11. The summed E-state index contributed by atoms with van der Waals surface area (Å²) in [5, 5.41) is 11.6. The minimum Gasteiger partial charge on any atom is -0.339 e. The van der Waals surface area contributed by atoms with Crippen molar-refractivity contribution < 1.29 is 9.32 Å². The molecular formula is C17H18ClN5O2. The Labute approximate surface area is 150 Å². The predicted molar refractivity (Wildman–Crippen MR) is 94.3 cm³/mol. The maximum atomic E-state index is 12.1. The number of carbonyl (C=O) groups excluding carboxylic acids is 1. The number of benzene rings is 1. The van der Waals surface area contributed by atoms with E-state index in [1.165, 1.54) is 0 Å². The Morgan fingerprint density at radius 1 is 1.28 bits per heavy atom. The van der Waals surface area contributed by atoms with Crippen molar-refractivity contribution in [3.05, 3.63) is 47.4 Å². The fourth-order valence-electron chi connectivity index (χ4n) is 2.32. The first-order chi connectivity index (χ1) is 12.0. The number of anilines is 1. The lowest BCUT2D eigenvalue weighted by atomic mass is 10.2. The van der Waals surface area contributed by atoms with Crippen molar-refractivity contribution in [1.82, 2.24) is 19.9 Å². The molecular weight excluding hydrogens is 342 g/mol. The minimum atomic E-state index is -0.131. The Hall–Kier alpha value is -2.67. The molecule has 0 aliphatic rings. The number of aryl methyl sites for hydroxylation is 1. The summed E-state index contributed by atoms with van der Waals surface area (Å²) in [5.74, 6) is 1.43. The number of hydrogen-bond donors (Lipinski definition) is 1. The highest BCUT2D eigenvalue weighted by atomic mass is 35.5. The molecule has 2 aromatic heterocycles. The maximum absolute atomic E-state index is 12.1. The number of nitrogens with zero attached hydrogens (tertiary/aromatic N) is 4. The van der Waals surface area contributed by atoms with Crippen molar-refractivity contribution in [1.29, 1.82) is 0 Å². The standard InChI is InChI=1S/C17H18ClN5O2/c1-11(2)23-14(9-10-19-23)20-15(24)7-8-16-21-17(22-25-16)12-3-5-13(18)6-4-12/h3-6,9-11H,7-8H2,1-2H3,(H,20,24). The molecule has 0 spiro atoms. The van der Waals surface area contributed by atoms with E-state index in [2.05, 4.69) is 20.6 Å². The van der Waals surface area contributed by atoms with Gasteiger partial charge in [-0.05, 0) is 38.1 Å². The summed E-state index contributed by atoms with van der Waals surface area (Å²) < 4.78 is 6.96. The molecule has 25 heavy (non-hydrogen) atoms. The third kappa shape index (κ3) is 4.24. The monoisotopic (exact) mass is 359 g/mol. The molecule has 1 aromatic carbocycles. The van der Waals surface area contributed by atoms with Crippen LogP contribution in [-0.2, 0) is 11.2 Å². The summed E-state index contributed by atoms with van der Waals surface area (Å²) in [6, 6.07) is 9.09. The van der Waals surface area contributed by atoms with Gasteiger partial charge in [-0.1, -0.05) is 16.8 Å². The van der Waals surface area contributed by atoms with Crippen molar-refractivity contribution in [2.24, 2.45) is 0 Å². The van der Waals surface area contributed by atoms with Gasteiger partial charge < -0.3 is 9.84 Å². The minimum absolute atomic E-state index is 0.131. The average Bonchev–Trinajstić information content (AvgIpc) is 3.23. The van der Waals surface area contributed by atoms with E-state index in [4.69, 9.17) is 16.1 Å². The van der Waals surface area contributed by atoms with Crippen LogP contribution in [-0.4, -0.2) is 25.8 Å². The van der Waals surface area contributed by atoms with Crippen LogP contribution >= 0.6 is 11.6 Å². The van der Waals surface area contributed by atoms with Crippen molar-refractivity contribution in [2.75, 3.05) is 5.32 Å². The molecule has 1 amide bonds. The van der Waals surface area contributed by atoms with Crippen LogP contribution in [0.1, 0.15) is 32.2 Å². The second-order valence-corrected chi connectivity index (χ2v) is 6.26. The first kappa shape index (κ1) is 17.2. The second kappa shape index (κ2) is 7.48. The molecule has 0 saturated heterocycles. The summed E-state index contributed by atoms with van der Waals surface area (Å²) in [7, 11) is 0. The topological polar surface area (TPSA) is 85.8 Å². The van der Waals surface area contributed by atoms with Crippen LogP contribution in [0.25, 0.3) is 11.4 Å². The molecule has 0 aliphatic heterocycles. The van der Waals surface area contributed by atoms with Gasteiger partial charge >= 0.3 is 0 Å².